The lowest BCUT2D eigenvalue weighted by Crippen LogP contribution is -2.58. The number of hydrogen-bond acceptors (Lipinski definition) is 6. The zero-order chi connectivity index (χ0) is 30.4. The fourth-order valence-electron chi connectivity index (χ4n) is 7.56. The van der Waals surface area contributed by atoms with Crippen LogP contribution >= 0.6 is 0 Å². The molecular weight excluding hydrogens is 553 g/mol. The average molecular weight is 594 g/mol. The zero-order valence-electron chi connectivity index (χ0n) is 25.4. The summed E-state index contributed by atoms with van der Waals surface area (Å²) in [6.07, 6.45) is 11.2. The number of nitrogen functional groups attached to an aromatic ring is 1. The van der Waals surface area contributed by atoms with E-state index in [1.54, 1.807) is 12.4 Å². The second-order valence-corrected chi connectivity index (χ2v) is 12.7. The molecule has 7 rings (SSSR count). The van der Waals surface area contributed by atoms with Crippen molar-refractivity contribution in [2.45, 2.75) is 70.2 Å². The van der Waals surface area contributed by atoms with Crippen LogP contribution in [0.5, 0.6) is 0 Å². The van der Waals surface area contributed by atoms with E-state index in [2.05, 4.69) is 68.2 Å². The Labute approximate surface area is 257 Å². The number of aromatic nitrogens is 4. The van der Waals surface area contributed by atoms with Gasteiger partial charge in [-0.2, -0.15) is 0 Å². The van der Waals surface area contributed by atoms with Crippen molar-refractivity contribution in [3.05, 3.63) is 78.6 Å². The van der Waals surface area contributed by atoms with E-state index in [9.17, 15) is 9.18 Å². The third-order valence-electron chi connectivity index (χ3n) is 9.91. The quantitative estimate of drug-likeness (QED) is 0.237. The molecule has 2 aliphatic rings. The summed E-state index contributed by atoms with van der Waals surface area (Å²) < 4.78 is 18.7. The van der Waals surface area contributed by atoms with E-state index in [1.165, 1.54) is 6.07 Å². The third-order valence-corrected chi connectivity index (χ3v) is 9.91. The third kappa shape index (κ3) is 5.18. The average Bonchev–Trinajstić information content (AvgIpc) is 3.64. The first-order valence-corrected chi connectivity index (χ1v) is 15.8. The molecule has 1 aliphatic heterocycles. The highest BCUT2D eigenvalue weighted by Gasteiger charge is 2.34. The monoisotopic (exact) mass is 593 g/mol. The van der Waals surface area contributed by atoms with E-state index in [-0.39, 0.29) is 11.9 Å². The fraction of sp³-hybridized carbons (Fsp3) is 0.400. The van der Waals surface area contributed by atoms with Crippen LogP contribution in [0.1, 0.15) is 51.1 Å². The standard InChI is InChI=1S/C35H40FN7O/c1-23(2)42-16-15-40(19-29(42)21-44)27-8-10-28(11-9-27)43-20-30(33-34(37)38-22-39-35(33)43)24-7-12-32-25(17-24)13-14-41(32)18-26-5-3-4-6-31(26)36/h3-7,12-14,17,20-23,27-29H,8-11,15-16,18-19H2,1-2H3,(H2,37,38,39). The van der Waals surface area contributed by atoms with Crippen LogP contribution in [-0.2, 0) is 11.3 Å². The van der Waals surface area contributed by atoms with Crippen LogP contribution < -0.4 is 5.73 Å². The number of hydrogen-bond donors (Lipinski definition) is 1. The molecule has 8 nitrogen and oxygen atoms in total. The Bertz CT molecular complexity index is 1800. The van der Waals surface area contributed by atoms with E-state index in [4.69, 9.17) is 10.7 Å². The molecule has 9 heteroatoms. The molecule has 2 aromatic carbocycles. The van der Waals surface area contributed by atoms with Crippen LogP contribution in [0.2, 0.25) is 0 Å². The van der Waals surface area contributed by atoms with Gasteiger partial charge in [0.05, 0.1) is 18.0 Å². The lowest BCUT2D eigenvalue weighted by Gasteiger charge is -2.46. The van der Waals surface area contributed by atoms with E-state index in [1.807, 2.05) is 18.3 Å². The number of halogens is 1. The van der Waals surface area contributed by atoms with E-state index >= 15 is 0 Å². The number of fused-ring (bicyclic) bond motifs is 2. The summed E-state index contributed by atoms with van der Waals surface area (Å²) in [6, 6.07) is 16.6. The normalized spacial score (nSPS) is 21.9. The van der Waals surface area contributed by atoms with Gasteiger partial charge < -0.3 is 19.7 Å². The Balaban J connectivity index is 1.13. The van der Waals surface area contributed by atoms with Crippen LogP contribution in [-0.4, -0.2) is 72.9 Å². The molecule has 2 N–H and O–H groups in total. The molecule has 0 spiro atoms. The largest absolute Gasteiger partial charge is 0.383 e. The first-order valence-electron chi connectivity index (χ1n) is 15.8. The minimum absolute atomic E-state index is 0.0224. The van der Waals surface area contributed by atoms with Gasteiger partial charge in [0.2, 0.25) is 0 Å². The molecule has 228 valence electrons. The summed E-state index contributed by atoms with van der Waals surface area (Å²) >= 11 is 0. The van der Waals surface area contributed by atoms with Crippen molar-refractivity contribution < 1.29 is 9.18 Å². The molecule has 0 radical (unpaired) electrons. The van der Waals surface area contributed by atoms with Crippen molar-refractivity contribution >= 4 is 34.0 Å². The molecule has 1 aliphatic carbocycles. The molecule has 1 saturated carbocycles. The maximum absolute atomic E-state index is 14.3. The Morgan fingerprint density at radius 2 is 1.82 bits per heavy atom. The molecule has 5 aromatic rings. The van der Waals surface area contributed by atoms with Gasteiger partial charge in [-0.3, -0.25) is 9.80 Å². The number of benzene rings is 2. The van der Waals surface area contributed by atoms with E-state index in [0.717, 1.165) is 84.7 Å². The minimum atomic E-state index is -0.192. The molecule has 3 aromatic heterocycles. The Hall–Kier alpha value is -4.08. The molecule has 1 unspecified atom stereocenters. The summed E-state index contributed by atoms with van der Waals surface area (Å²) in [5.74, 6) is 0.291. The van der Waals surface area contributed by atoms with Crippen molar-refractivity contribution in [1.29, 1.82) is 0 Å². The van der Waals surface area contributed by atoms with Gasteiger partial charge in [-0.15, -0.1) is 0 Å². The highest BCUT2D eigenvalue weighted by molar-refractivity contribution is 6.02. The molecular formula is C35H40FN7O. The van der Waals surface area contributed by atoms with Crippen molar-refractivity contribution in [3.8, 4) is 11.1 Å². The predicted molar refractivity (Wildman–Crippen MR) is 173 cm³/mol. The SMILES string of the molecule is CC(C)N1CCN(C2CCC(n3cc(-c4ccc5c(ccn5Cc5ccccc5F)c4)c4c(N)ncnc43)CC2)CC1C=O. The van der Waals surface area contributed by atoms with Crippen molar-refractivity contribution in [2.24, 2.45) is 0 Å². The number of carbonyl (C=O) groups is 1. The highest BCUT2D eigenvalue weighted by Crippen LogP contribution is 2.40. The highest BCUT2D eigenvalue weighted by atomic mass is 19.1. The lowest BCUT2D eigenvalue weighted by atomic mass is 9.89. The van der Waals surface area contributed by atoms with E-state index < -0.39 is 0 Å². The Morgan fingerprint density at radius 1 is 1.02 bits per heavy atom. The van der Waals surface area contributed by atoms with Gasteiger partial charge in [0.25, 0.3) is 0 Å². The Morgan fingerprint density at radius 3 is 2.59 bits per heavy atom. The summed E-state index contributed by atoms with van der Waals surface area (Å²) in [7, 11) is 0. The molecule has 0 amide bonds. The Kier molecular flexibility index (Phi) is 7.68. The molecule has 1 saturated heterocycles. The fourth-order valence-corrected chi connectivity index (χ4v) is 7.56. The van der Waals surface area contributed by atoms with Crippen molar-refractivity contribution in [1.82, 2.24) is 28.9 Å². The maximum Gasteiger partial charge on any atom is 0.146 e. The van der Waals surface area contributed by atoms with Gasteiger partial charge in [-0.1, -0.05) is 24.3 Å². The number of anilines is 1. The first kappa shape index (κ1) is 28.7. The molecule has 1 atom stereocenters. The lowest BCUT2D eigenvalue weighted by molar-refractivity contribution is -0.116. The van der Waals surface area contributed by atoms with Crippen LogP contribution in [0.15, 0.2) is 67.3 Å². The van der Waals surface area contributed by atoms with Crippen LogP contribution in [0.4, 0.5) is 10.2 Å². The van der Waals surface area contributed by atoms with Gasteiger partial charge in [0, 0.05) is 72.2 Å². The number of carbonyl (C=O) groups excluding carboxylic acids is 1. The zero-order valence-corrected chi connectivity index (χ0v) is 25.4. The van der Waals surface area contributed by atoms with Gasteiger partial charge in [0.15, 0.2) is 0 Å². The first-order chi connectivity index (χ1) is 21.4. The van der Waals surface area contributed by atoms with Gasteiger partial charge in [-0.25, -0.2) is 14.4 Å². The second kappa shape index (κ2) is 11.8. The van der Waals surface area contributed by atoms with Crippen LogP contribution in [0.25, 0.3) is 33.1 Å². The second-order valence-electron chi connectivity index (χ2n) is 12.7. The topological polar surface area (TPSA) is 85.2 Å². The number of nitrogens with two attached hydrogens (primary N) is 1. The summed E-state index contributed by atoms with van der Waals surface area (Å²) in [6.45, 7) is 7.60. The molecule has 4 heterocycles. The maximum atomic E-state index is 14.3. The van der Waals surface area contributed by atoms with Crippen LogP contribution in [0.3, 0.4) is 0 Å². The summed E-state index contributed by atoms with van der Waals surface area (Å²) in [4.78, 5) is 25.8. The number of nitrogens with zero attached hydrogens (tertiary/aromatic N) is 6. The minimum Gasteiger partial charge on any atom is -0.383 e. The van der Waals surface area contributed by atoms with Gasteiger partial charge >= 0.3 is 0 Å². The van der Waals surface area contributed by atoms with Gasteiger partial charge in [-0.05, 0) is 69.4 Å². The van der Waals surface area contributed by atoms with Crippen molar-refractivity contribution in [2.75, 3.05) is 25.4 Å². The van der Waals surface area contributed by atoms with Gasteiger partial charge in [0.1, 0.15) is 29.9 Å². The predicted octanol–water partition coefficient (Wildman–Crippen LogP) is 5.90. The number of piperazine rings is 1. The van der Waals surface area contributed by atoms with Crippen LogP contribution in [0, 0.1) is 5.82 Å². The van der Waals surface area contributed by atoms with E-state index in [0.29, 0.717) is 36.1 Å². The smallest absolute Gasteiger partial charge is 0.146 e. The number of aldehydes is 1. The summed E-state index contributed by atoms with van der Waals surface area (Å²) in [5.41, 5.74) is 11.2. The summed E-state index contributed by atoms with van der Waals surface area (Å²) in [5, 5.41) is 1.97. The van der Waals surface area contributed by atoms with Crippen molar-refractivity contribution in [3.63, 3.8) is 0 Å². The molecule has 2 fully saturated rings. The molecule has 44 heavy (non-hydrogen) atoms. The molecule has 0 bridgehead atoms. The number of rotatable bonds is 7.